The summed E-state index contributed by atoms with van der Waals surface area (Å²) in [6.07, 6.45) is 0. The van der Waals surface area contributed by atoms with Gasteiger partial charge in [0.25, 0.3) is 0 Å². The summed E-state index contributed by atoms with van der Waals surface area (Å²) in [4.78, 5) is 20.4. The number of carbonyl (C=O) groups excluding carboxylic acids is 1. The molecular weight excluding hydrogens is 414 g/mol. The molecule has 0 saturated heterocycles. The number of aromatic amines is 1. The van der Waals surface area contributed by atoms with Crippen LogP contribution in [0.5, 0.6) is 0 Å². The van der Waals surface area contributed by atoms with Crippen LogP contribution in [0.4, 0.5) is 0 Å². The Bertz CT molecular complexity index is 1060. The summed E-state index contributed by atoms with van der Waals surface area (Å²) in [7, 11) is 0. The number of hydrogen-bond acceptors (Lipinski definition) is 3. The highest BCUT2D eigenvalue weighted by molar-refractivity contribution is 7.99. The van der Waals surface area contributed by atoms with Crippen molar-refractivity contribution in [3.63, 3.8) is 0 Å². The van der Waals surface area contributed by atoms with Crippen molar-refractivity contribution in [3.05, 3.63) is 95.5 Å². The number of aromatic nitrogens is 2. The van der Waals surface area contributed by atoms with Gasteiger partial charge in [-0.15, -0.1) is 0 Å². The number of carbonyl (C=O) groups is 1. The number of benzene rings is 3. The van der Waals surface area contributed by atoms with Crippen molar-refractivity contribution in [2.45, 2.75) is 11.7 Å². The van der Waals surface area contributed by atoms with Crippen LogP contribution in [0.25, 0.3) is 22.5 Å². The van der Waals surface area contributed by atoms with Crippen LogP contribution in [0.3, 0.4) is 0 Å². The first kappa shape index (κ1) is 20.3. The van der Waals surface area contributed by atoms with E-state index in [2.05, 4.69) is 10.3 Å². The van der Waals surface area contributed by atoms with Gasteiger partial charge in [-0.05, 0) is 17.7 Å². The molecule has 3 aromatic carbocycles. The van der Waals surface area contributed by atoms with Crippen LogP contribution in [-0.4, -0.2) is 21.6 Å². The fourth-order valence-corrected chi connectivity index (χ4v) is 3.85. The van der Waals surface area contributed by atoms with Crippen molar-refractivity contribution in [2.24, 2.45) is 0 Å². The maximum absolute atomic E-state index is 12.3. The number of nitrogens with one attached hydrogen (secondary N) is 2. The summed E-state index contributed by atoms with van der Waals surface area (Å²) in [5.41, 5.74) is 4.93. The topological polar surface area (TPSA) is 57.8 Å². The quantitative estimate of drug-likeness (QED) is 0.362. The second-order valence-corrected chi connectivity index (χ2v) is 8.09. The highest BCUT2D eigenvalue weighted by atomic mass is 35.5. The molecule has 0 aliphatic carbocycles. The Labute approximate surface area is 184 Å². The molecule has 6 heteroatoms. The molecule has 0 aliphatic rings. The molecule has 1 amide bonds. The van der Waals surface area contributed by atoms with Crippen molar-refractivity contribution >= 4 is 29.3 Å². The first-order valence-corrected chi connectivity index (χ1v) is 10.9. The van der Waals surface area contributed by atoms with Crippen molar-refractivity contribution in [3.8, 4) is 22.5 Å². The molecular formula is C24H20ClN3OS. The molecule has 0 radical (unpaired) electrons. The standard InChI is InChI=1S/C24H20ClN3OS/c25-20-13-11-17(12-14-20)15-26-21(29)16-30-24-27-22(18-7-3-1-4-8-18)23(28-24)19-9-5-2-6-10-19/h1-14H,15-16H2,(H,26,29)(H,27,28). The molecule has 0 aliphatic heterocycles. The minimum Gasteiger partial charge on any atom is -0.351 e. The fourth-order valence-electron chi connectivity index (χ4n) is 3.03. The maximum atomic E-state index is 12.3. The van der Waals surface area contributed by atoms with Gasteiger partial charge in [0.05, 0.1) is 17.1 Å². The van der Waals surface area contributed by atoms with Gasteiger partial charge in [0.2, 0.25) is 5.91 Å². The molecule has 4 rings (SSSR count). The molecule has 4 nitrogen and oxygen atoms in total. The Kier molecular flexibility index (Phi) is 6.52. The highest BCUT2D eigenvalue weighted by Crippen LogP contribution is 2.32. The normalized spacial score (nSPS) is 10.7. The molecule has 1 heterocycles. The Morgan fingerprint density at radius 3 is 2.20 bits per heavy atom. The zero-order valence-corrected chi connectivity index (χ0v) is 17.7. The molecule has 30 heavy (non-hydrogen) atoms. The summed E-state index contributed by atoms with van der Waals surface area (Å²) in [5.74, 6) is 0.234. The zero-order chi connectivity index (χ0) is 20.8. The lowest BCUT2D eigenvalue weighted by molar-refractivity contribution is -0.118. The summed E-state index contributed by atoms with van der Waals surface area (Å²) in [6, 6.07) is 27.6. The number of H-pyrrole nitrogens is 1. The summed E-state index contributed by atoms with van der Waals surface area (Å²) >= 11 is 7.28. The van der Waals surface area contributed by atoms with Gasteiger partial charge in [-0.25, -0.2) is 4.98 Å². The highest BCUT2D eigenvalue weighted by Gasteiger charge is 2.15. The van der Waals surface area contributed by atoms with Crippen molar-refractivity contribution in [2.75, 3.05) is 5.75 Å². The number of rotatable bonds is 7. The number of nitrogens with zero attached hydrogens (tertiary/aromatic N) is 1. The van der Waals surface area contributed by atoms with E-state index in [4.69, 9.17) is 16.6 Å². The minimum atomic E-state index is -0.0473. The SMILES string of the molecule is O=C(CSc1nc(-c2ccccc2)c(-c2ccccc2)[nH]1)NCc1ccc(Cl)cc1. The second-order valence-electron chi connectivity index (χ2n) is 6.69. The first-order chi connectivity index (χ1) is 14.7. The number of halogens is 1. The van der Waals surface area contributed by atoms with E-state index in [1.165, 1.54) is 11.8 Å². The smallest absolute Gasteiger partial charge is 0.230 e. The second kappa shape index (κ2) is 9.65. The van der Waals surface area contributed by atoms with Crippen molar-refractivity contribution in [1.29, 1.82) is 0 Å². The predicted octanol–water partition coefficient (Wildman–Crippen LogP) is 5.81. The molecule has 2 N–H and O–H groups in total. The molecule has 0 atom stereocenters. The molecule has 0 spiro atoms. The van der Waals surface area contributed by atoms with E-state index >= 15 is 0 Å². The lowest BCUT2D eigenvalue weighted by Crippen LogP contribution is -2.24. The van der Waals surface area contributed by atoms with E-state index in [-0.39, 0.29) is 11.7 Å². The van der Waals surface area contributed by atoms with Crippen LogP contribution in [-0.2, 0) is 11.3 Å². The Hall–Kier alpha value is -3.02. The molecule has 4 aromatic rings. The van der Waals surface area contributed by atoms with Crippen molar-refractivity contribution < 1.29 is 4.79 Å². The van der Waals surface area contributed by atoms with Gasteiger partial charge in [0.15, 0.2) is 5.16 Å². The van der Waals surface area contributed by atoms with Crippen molar-refractivity contribution in [1.82, 2.24) is 15.3 Å². The predicted molar refractivity (Wildman–Crippen MR) is 123 cm³/mol. The van der Waals surface area contributed by atoms with Gasteiger partial charge in [-0.2, -0.15) is 0 Å². The van der Waals surface area contributed by atoms with E-state index in [9.17, 15) is 4.79 Å². The lowest BCUT2D eigenvalue weighted by atomic mass is 10.1. The third kappa shape index (κ3) is 5.12. The third-order valence-corrected chi connectivity index (χ3v) is 5.66. The minimum absolute atomic E-state index is 0.0473. The van der Waals surface area contributed by atoms with E-state index < -0.39 is 0 Å². The average molecular weight is 434 g/mol. The number of imidazole rings is 1. The van der Waals surface area contributed by atoms with Crippen LogP contribution >= 0.6 is 23.4 Å². The summed E-state index contributed by atoms with van der Waals surface area (Å²) < 4.78 is 0. The van der Waals surface area contributed by atoms with Gasteiger partial charge < -0.3 is 10.3 Å². The zero-order valence-electron chi connectivity index (χ0n) is 16.1. The average Bonchev–Trinajstić information content (AvgIpc) is 3.23. The molecule has 150 valence electrons. The molecule has 0 fully saturated rings. The first-order valence-electron chi connectivity index (χ1n) is 9.54. The molecule has 0 bridgehead atoms. The molecule has 1 aromatic heterocycles. The van der Waals surface area contributed by atoms with Gasteiger partial charge >= 0.3 is 0 Å². The summed E-state index contributed by atoms with van der Waals surface area (Å²) in [5, 5.41) is 4.33. The van der Waals surface area contributed by atoms with Crippen LogP contribution < -0.4 is 5.32 Å². The van der Waals surface area contributed by atoms with Crippen LogP contribution in [0.1, 0.15) is 5.56 Å². The van der Waals surface area contributed by atoms with E-state index in [0.29, 0.717) is 16.7 Å². The van der Waals surface area contributed by atoms with Gasteiger partial charge in [-0.3, -0.25) is 4.79 Å². The van der Waals surface area contributed by atoms with Gasteiger partial charge in [0, 0.05) is 22.7 Å². The van der Waals surface area contributed by atoms with Gasteiger partial charge in [-0.1, -0.05) is 96.2 Å². The monoisotopic (exact) mass is 433 g/mol. The number of amides is 1. The van der Waals surface area contributed by atoms with Crippen LogP contribution in [0.2, 0.25) is 5.02 Å². The number of hydrogen-bond donors (Lipinski definition) is 2. The number of thioether (sulfide) groups is 1. The molecule has 0 saturated carbocycles. The third-order valence-electron chi connectivity index (χ3n) is 4.53. The van der Waals surface area contributed by atoms with Gasteiger partial charge in [0.1, 0.15) is 0 Å². The Morgan fingerprint density at radius 1 is 0.900 bits per heavy atom. The van der Waals surface area contributed by atoms with E-state index in [1.807, 2.05) is 84.9 Å². The lowest BCUT2D eigenvalue weighted by Gasteiger charge is -2.04. The Balaban J connectivity index is 1.46. The van der Waals surface area contributed by atoms with Crippen LogP contribution in [0, 0.1) is 0 Å². The fraction of sp³-hybridized carbons (Fsp3) is 0.0833. The largest absolute Gasteiger partial charge is 0.351 e. The van der Waals surface area contributed by atoms with E-state index in [1.54, 1.807) is 0 Å². The maximum Gasteiger partial charge on any atom is 0.230 e. The Morgan fingerprint density at radius 2 is 1.53 bits per heavy atom. The van der Waals surface area contributed by atoms with E-state index in [0.717, 1.165) is 28.1 Å². The van der Waals surface area contributed by atoms with Crippen LogP contribution in [0.15, 0.2) is 90.1 Å². The molecule has 0 unspecified atom stereocenters. The summed E-state index contributed by atoms with van der Waals surface area (Å²) in [6.45, 7) is 0.471.